The molecule has 1 aliphatic heterocycles. The zero-order chi connectivity index (χ0) is 16.6. The van der Waals surface area contributed by atoms with Crippen LogP contribution in [0.15, 0.2) is 35.5 Å². The number of benzene rings is 1. The minimum Gasteiger partial charge on any atom is -0.387 e. The smallest absolute Gasteiger partial charge is 0.167 e. The van der Waals surface area contributed by atoms with E-state index in [4.69, 9.17) is 11.6 Å². The quantitative estimate of drug-likeness (QED) is 0.874. The molecule has 3 rings (SSSR count). The summed E-state index contributed by atoms with van der Waals surface area (Å²) in [5, 5.41) is 9.65. The molecule has 0 bridgehead atoms. The second-order valence-electron chi connectivity index (χ2n) is 5.46. The van der Waals surface area contributed by atoms with Crippen molar-refractivity contribution in [1.82, 2.24) is 4.98 Å². The number of hydrogen-bond acceptors (Lipinski definition) is 4. The minimum atomic E-state index is -0.678. The molecule has 4 nitrogen and oxygen atoms in total. The standard InChI is InChI=1S/C17H14ClFN2O2/c1-9(22)15-8-12-11(4-5-20-17(12)21-15)16(23)7-10-2-3-14(19)13(18)6-10/h2-6,9,22H,7-8H2,1H3. The molecule has 118 valence electrons. The first-order valence-electron chi connectivity index (χ1n) is 7.16. The topological polar surface area (TPSA) is 62.6 Å². The van der Waals surface area contributed by atoms with Gasteiger partial charge in [0.25, 0.3) is 0 Å². The molecular weight excluding hydrogens is 319 g/mol. The number of rotatable bonds is 4. The third kappa shape index (κ3) is 3.16. The molecule has 1 aromatic carbocycles. The number of aliphatic hydroxyl groups excluding tert-OH is 1. The van der Waals surface area contributed by atoms with Crippen LogP contribution in [-0.4, -0.2) is 27.7 Å². The van der Waals surface area contributed by atoms with Gasteiger partial charge in [0.05, 0.1) is 16.8 Å². The van der Waals surface area contributed by atoms with E-state index in [1.54, 1.807) is 13.0 Å². The SMILES string of the molecule is CC(O)C1=Nc2nccc(C(=O)Cc3ccc(F)c(Cl)c3)c2C1. The second kappa shape index (κ2) is 6.18. The average Bonchev–Trinajstić information content (AvgIpc) is 2.95. The van der Waals surface area contributed by atoms with E-state index in [9.17, 15) is 14.3 Å². The Bertz CT molecular complexity index is 818. The van der Waals surface area contributed by atoms with E-state index in [1.807, 2.05) is 0 Å². The molecule has 2 heterocycles. The molecule has 2 aromatic rings. The third-order valence-electron chi connectivity index (χ3n) is 3.77. The van der Waals surface area contributed by atoms with Crippen LogP contribution in [-0.2, 0) is 12.8 Å². The Hall–Kier alpha value is -2.11. The van der Waals surface area contributed by atoms with Gasteiger partial charge in [-0.25, -0.2) is 14.4 Å². The highest BCUT2D eigenvalue weighted by Gasteiger charge is 2.24. The van der Waals surface area contributed by atoms with Crippen LogP contribution >= 0.6 is 11.6 Å². The Morgan fingerprint density at radius 2 is 2.22 bits per heavy atom. The third-order valence-corrected chi connectivity index (χ3v) is 4.06. The molecule has 1 N–H and O–H groups in total. The lowest BCUT2D eigenvalue weighted by Crippen LogP contribution is -2.17. The normalized spacial score (nSPS) is 14.3. The number of carbonyl (C=O) groups is 1. The van der Waals surface area contributed by atoms with Gasteiger partial charge >= 0.3 is 0 Å². The number of pyridine rings is 1. The molecule has 1 aliphatic rings. The second-order valence-corrected chi connectivity index (χ2v) is 5.87. The van der Waals surface area contributed by atoms with Gasteiger partial charge in [-0.2, -0.15) is 0 Å². The summed E-state index contributed by atoms with van der Waals surface area (Å²) in [7, 11) is 0. The minimum absolute atomic E-state index is 0.00465. The number of aliphatic hydroxyl groups is 1. The lowest BCUT2D eigenvalue weighted by Gasteiger charge is -2.07. The fraction of sp³-hybridized carbons (Fsp3) is 0.235. The van der Waals surface area contributed by atoms with Crippen LogP contribution < -0.4 is 0 Å². The number of aromatic nitrogens is 1. The van der Waals surface area contributed by atoms with E-state index in [-0.39, 0.29) is 17.2 Å². The van der Waals surface area contributed by atoms with Gasteiger partial charge in [0, 0.05) is 30.2 Å². The van der Waals surface area contributed by atoms with Gasteiger partial charge in [0.1, 0.15) is 5.82 Å². The van der Waals surface area contributed by atoms with Crippen molar-refractivity contribution in [1.29, 1.82) is 0 Å². The molecule has 0 saturated heterocycles. The number of nitrogens with zero attached hydrogens (tertiary/aromatic N) is 2. The molecule has 0 radical (unpaired) electrons. The molecule has 0 fully saturated rings. The summed E-state index contributed by atoms with van der Waals surface area (Å²) in [5.41, 5.74) is 2.48. The maximum absolute atomic E-state index is 13.2. The van der Waals surface area contributed by atoms with E-state index >= 15 is 0 Å². The van der Waals surface area contributed by atoms with Crippen LogP contribution in [0.5, 0.6) is 0 Å². The number of Topliss-reactive ketones (excluding diaryl/α,β-unsaturated/α-hetero) is 1. The van der Waals surface area contributed by atoms with Crippen molar-refractivity contribution in [3.05, 3.63) is 58.0 Å². The monoisotopic (exact) mass is 332 g/mol. The van der Waals surface area contributed by atoms with Gasteiger partial charge in [-0.1, -0.05) is 17.7 Å². The summed E-state index contributed by atoms with van der Waals surface area (Å²) in [6.45, 7) is 1.63. The number of fused-ring (bicyclic) bond motifs is 1. The summed E-state index contributed by atoms with van der Waals surface area (Å²) >= 11 is 5.75. The zero-order valence-corrected chi connectivity index (χ0v) is 13.1. The Balaban J connectivity index is 1.86. The van der Waals surface area contributed by atoms with Crippen molar-refractivity contribution in [2.75, 3.05) is 0 Å². The number of ketones is 1. The number of halogens is 2. The lowest BCUT2D eigenvalue weighted by atomic mass is 9.97. The van der Waals surface area contributed by atoms with Crippen molar-refractivity contribution in [3.63, 3.8) is 0 Å². The van der Waals surface area contributed by atoms with Crippen LogP contribution in [0.4, 0.5) is 10.2 Å². The summed E-state index contributed by atoms with van der Waals surface area (Å²) in [6, 6.07) is 5.88. The first-order valence-corrected chi connectivity index (χ1v) is 7.54. The molecule has 0 saturated carbocycles. The first kappa shape index (κ1) is 15.8. The number of aliphatic imine (C=N–C) groups is 1. The number of carbonyl (C=O) groups excluding carboxylic acids is 1. The molecule has 0 aliphatic carbocycles. The Kier molecular flexibility index (Phi) is 4.24. The summed E-state index contributed by atoms with van der Waals surface area (Å²) in [6.07, 6.45) is 1.37. The highest BCUT2D eigenvalue weighted by molar-refractivity contribution is 6.30. The van der Waals surface area contributed by atoms with Gasteiger partial charge in [-0.15, -0.1) is 0 Å². The molecule has 23 heavy (non-hydrogen) atoms. The Morgan fingerprint density at radius 1 is 1.43 bits per heavy atom. The fourth-order valence-electron chi connectivity index (χ4n) is 2.54. The van der Waals surface area contributed by atoms with E-state index in [0.29, 0.717) is 29.1 Å². The van der Waals surface area contributed by atoms with Gasteiger partial charge in [-0.3, -0.25) is 4.79 Å². The summed E-state index contributed by atoms with van der Waals surface area (Å²) in [4.78, 5) is 21.0. The van der Waals surface area contributed by atoms with E-state index in [0.717, 1.165) is 5.56 Å². The molecule has 1 unspecified atom stereocenters. The zero-order valence-electron chi connectivity index (χ0n) is 12.4. The predicted octanol–water partition coefficient (Wildman–Crippen LogP) is 3.31. The van der Waals surface area contributed by atoms with Crippen LogP contribution in [0.25, 0.3) is 0 Å². The van der Waals surface area contributed by atoms with Gasteiger partial charge in [0.2, 0.25) is 0 Å². The predicted molar refractivity (Wildman–Crippen MR) is 86.2 cm³/mol. The van der Waals surface area contributed by atoms with Crippen LogP contribution in [0.1, 0.15) is 28.4 Å². The van der Waals surface area contributed by atoms with Crippen LogP contribution in [0, 0.1) is 5.82 Å². The largest absolute Gasteiger partial charge is 0.387 e. The van der Waals surface area contributed by atoms with Crippen molar-refractivity contribution >= 4 is 28.9 Å². The lowest BCUT2D eigenvalue weighted by molar-refractivity contribution is 0.0992. The van der Waals surface area contributed by atoms with Crippen molar-refractivity contribution in [2.24, 2.45) is 4.99 Å². The molecule has 6 heteroatoms. The van der Waals surface area contributed by atoms with Gasteiger partial charge in [-0.05, 0) is 30.7 Å². The van der Waals surface area contributed by atoms with E-state index in [2.05, 4.69) is 9.98 Å². The van der Waals surface area contributed by atoms with Crippen LogP contribution in [0.3, 0.4) is 0 Å². The molecule has 0 spiro atoms. The molecule has 0 amide bonds. The first-order chi connectivity index (χ1) is 11.0. The Morgan fingerprint density at radius 3 is 2.91 bits per heavy atom. The van der Waals surface area contributed by atoms with E-state index in [1.165, 1.54) is 24.4 Å². The maximum Gasteiger partial charge on any atom is 0.167 e. The number of hydrogen-bond donors (Lipinski definition) is 1. The van der Waals surface area contributed by atoms with Crippen molar-refractivity contribution in [3.8, 4) is 0 Å². The van der Waals surface area contributed by atoms with Crippen LogP contribution in [0.2, 0.25) is 5.02 Å². The molecule has 1 aromatic heterocycles. The summed E-state index contributed by atoms with van der Waals surface area (Å²) in [5.74, 6) is -0.153. The van der Waals surface area contributed by atoms with Gasteiger partial charge < -0.3 is 5.11 Å². The Labute approximate surface area is 137 Å². The van der Waals surface area contributed by atoms with Gasteiger partial charge in [0.15, 0.2) is 11.6 Å². The van der Waals surface area contributed by atoms with Crippen molar-refractivity contribution < 1.29 is 14.3 Å². The van der Waals surface area contributed by atoms with E-state index < -0.39 is 11.9 Å². The summed E-state index contributed by atoms with van der Waals surface area (Å²) < 4.78 is 13.2. The maximum atomic E-state index is 13.2. The molecule has 1 atom stereocenters. The average molecular weight is 333 g/mol. The van der Waals surface area contributed by atoms with Crippen molar-refractivity contribution in [2.45, 2.75) is 25.9 Å². The molecular formula is C17H14ClFN2O2. The highest BCUT2D eigenvalue weighted by Crippen LogP contribution is 2.29. The highest BCUT2D eigenvalue weighted by atomic mass is 35.5. The fourth-order valence-corrected chi connectivity index (χ4v) is 2.74.